The minimum Gasteiger partial charge on any atom is -0.462 e. The quantitative estimate of drug-likeness (QED) is 0.0261. The molecule has 438 valence electrons. The Balaban J connectivity index is 4.08. The number of rotatable bonds is 61. The molecule has 0 saturated carbocycles. The highest BCUT2D eigenvalue weighted by atomic mass is 16.6. The maximum atomic E-state index is 12.9. The first-order valence-electron chi connectivity index (χ1n) is 33.1. The molecule has 0 amide bonds. The van der Waals surface area contributed by atoms with Gasteiger partial charge in [-0.15, -0.1) is 0 Å². The van der Waals surface area contributed by atoms with Crippen molar-refractivity contribution in [2.45, 2.75) is 361 Å². The summed E-state index contributed by atoms with van der Waals surface area (Å²) in [7, 11) is 0. The molecule has 1 atom stereocenters. The number of hydrogen-bond acceptors (Lipinski definition) is 6. The first-order valence-corrected chi connectivity index (χ1v) is 33.1. The standard InChI is InChI=1S/C69H126O6/c1-4-7-10-13-16-19-22-24-26-27-28-29-30-31-32-33-34-35-36-37-38-39-40-41-43-44-47-50-53-56-59-62-68(71)74-65-66(64-73-67(70)61-58-55-52-49-46-21-18-15-12-9-6-3)75-69(72)63-60-57-54-51-48-45-42-25-23-20-17-14-11-8-5-2/h8,11,15,17-18,20,25,42,66H,4-7,9-10,12-14,16,19,21-24,26-41,43-65H2,1-3H3/b11-8-,18-15-,20-17-,42-25-. The molecular weight excluding hydrogens is 925 g/mol. The second kappa shape index (κ2) is 63.9. The predicted molar refractivity (Wildman–Crippen MR) is 325 cm³/mol. The Morgan fingerprint density at radius 3 is 0.867 bits per heavy atom. The van der Waals surface area contributed by atoms with Crippen molar-refractivity contribution in [2.24, 2.45) is 0 Å². The van der Waals surface area contributed by atoms with Crippen LogP contribution < -0.4 is 0 Å². The first-order chi connectivity index (χ1) is 37.0. The number of allylic oxidation sites excluding steroid dienone is 8. The van der Waals surface area contributed by atoms with Crippen LogP contribution in [0.1, 0.15) is 355 Å². The van der Waals surface area contributed by atoms with Crippen molar-refractivity contribution in [1.29, 1.82) is 0 Å². The van der Waals surface area contributed by atoms with Crippen molar-refractivity contribution >= 4 is 17.9 Å². The molecule has 6 heteroatoms. The summed E-state index contributed by atoms with van der Waals surface area (Å²) in [5, 5.41) is 0. The Labute approximate surface area is 467 Å². The lowest BCUT2D eigenvalue weighted by Gasteiger charge is -2.18. The van der Waals surface area contributed by atoms with Crippen molar-refractivity contribution in [3.63, 3.8) is 0 Å². The molecule has 0 fully saturated rings. The lowest BCUT2D eigenvalue weighted by molar-refractivity contribution is -0.167. The predicted octanol–water partition coefficient (Wildman–Crippen LogP) is 22.6. The molecule has 0 aliphatic carbocycles. The van der Waals surface area contributed by atoms with Crippen LogP contribution in [-0.2, 0) is 28.6 Å². The van der Waals surface area contributed by atoms with Crippen molar-refractivity contribution < 1.29 is 28.6 Å². The van der Waals surface area contributed by atoms with Crippen LogP contribution in [0.2, 0.25) is 0 Å². The van der Waals surface area contributed by atoms with Gasteiger partial charge in [-0.3, -0.25) is 14.4 Å². The number of carbonyl (C=O) groups excluding carboxylic acids is 3. The molecule has 0 heterocycles. The van der Waals surface area contributed by atoms with Crippen molar-refractivity contribution in [2.75, 3.05) is 13.2 Å². The Morgan fingerprint density at radius 1 is 0.280 bits per heavy atom. The van der Waals surface area contributed by atoms with Crippen LogP contribution in [-0.4, -0.2) is 37.2 Å². The highest BCUT2D eigenvalue weighted by Gasteiger charge is 2.19. The molecule has 0 aliphatic rings. The van der Waals surface area contributed by atoms with Gasteiger partial charge in [0.05, 0.1) is 0 Å². The van der Waals surface area contributed by atoms with Crippen LogP contribution in [0.4, 0.5) is 0 Å². The minimum absolute atomic E-state index is 0.0798. The number of esters is 3. The summed E-state index contributed by atoms with van der Waals surface area (Å²) in [6, 6.07) is 0. The number of carbonyl (C=O) groups is 3. The molecule has 0 radical (unpaired) electrons. The summed E-state index contributed by atoms with van der Waals surface area (Å²) < 4.78 is 16.9. The highest BCUT2D eigenvalue weighted by Crippen LogP contribution is 2.18. The average Bonchev–Trinajstić information content (AvgIpc) is 3.41. The third kappa shape index (κ3) is 62.1. The van der Waals surface area contributed by atoms with Crippen LogP contribution in [0.3, 0.4) is 0 Å². The smallest absolute Gasteiger partial charge is 0.306 e. The van der Waals surface area contributed by atoms with Crippen LogP contribution in [0.15, 0.2) is 48.6 Å². The Morgan fingerprint density at radius 2 is 0.533 bits per heavy atom. The normalized spacial score (nSPS) is 12.3. The van der Waals surface area contributed by atoms with Gasteiger partial charge in [-0.05, 0) is 70.6 Å². The number of hydrogen-bond donors (Lipinski definition) is 0. The van der Waals surface area contributed by atoms with Gasteiger partial charge in [-0.25, -0.2) is 0 Å². The highest BCUT2D eigenvalue weighted by molar-refractivity contribution is 5.71. The molecule has 0 spiro atoms. The van der Waals surface area contributed by atoms with E-state index in [0.29, 0.717) is 19.3 Å². The fourth-order valence-electron chi connectivity index (χ4n) is 9.85. The van der Waals surface area contributed by atoms with E-state index in [1.54, 1.807) is 0 Å². The van der Waals surface area contributed by atoms with Gasteiger partial charge in [0.25, 0.3) is 0 Å². The summed E-state index contributed by atoms with van der Waals surface area (Å²) in [6.45, 7) is 6.52. The molecule has 6 nitrogen and oxygen atoms in total. The molecule has 0 aromatic rings. The first kappa shape index (κ1) is 72.4. The molecule has 1 unspecified atom stereocenters. The van der Waals surface area contributed by atoms with Gasteiger partial charge in [0.1, 0.15) is 13.2 Å². The van der Waals surface area contributed by atoms with E-state index in [-0.39, 0.29) is 31.1 Å². The van der Waals surface area contributed by atoms with Crippen molar-refractivity contribution in [1.82, 2.24) is 0 Å². The Kier molecular flexibility index (Phi) is 61.7. The molecular formula is C69H126O6. The molecule has 0 N–H and O–H groups in total. The van der Waals surface area contributed by atoms with Gasteiger partial charge in [-0.2, -0.15) is 0 Å². The fraction of sp³-hybridized carbons (Fsp3) is 0.841. The van der Waals surface area contributed by atoms with E-state index in [2.05, 4.69) is 69.4 Å². The second-order valence-electron chi connectivity index (χ2n) is 22.4. The second-order valence-corrected chi connectivity index (χ2v) is 22.4. The molecule has 75 heavy (non-hydrogen) atoms. The zero-order valence-electron chi connectivity index (χ0n) is 50.3. The SMILES string of the molecule is CC/C=C\C/C=C\C/C=C\CCCCCCCC(=O)OC(COC(=O)CCCCCCC/C=C\CCCC)COC(=O)CCCCCCCCCCCCCCCCCCCCCCCCCCCCCCCCC. The molecule has 0 aliphatic heterocycles. The molecule has 0 saturated heterocycles. The van der Waals surface area contributed by atoms with Crippen LogP contribution in [0.25, 0.3) is 0 Å². The molecule has 0 aromatic heterocycles. The Bertz CT molecular complexity index is 1300. The van der Waals surface area contributed by atoms with Crippen LogP contribution in [0, 0.1) is 0 Å². The maximum Gasteiger partial charge on any atom is 0.306 e. The van der Waals surface area contributed by atoms with E-state index < -0.39 is 6.10 Å². The third-order valence-electron chi connectivity index (χ3n) is 14.8. The summed E-state index contributed by atoms with van der Waals surface area (Å²) in [6.07, 6.45) is 80.1. The largest absolute Gasteiger partial charge is 0.462 e. The van der Waals surface area contributed by atoms with E-state index in [0.717, 1.165) is 103 Å². The maximum absolute atomic E-state index is 12.9. The lowest BCUT2D eigenvalue weighted by atomic mass is 10.0. The topological polar surface area (TPSA) is 78.9 Å². The van der Waals surface area contributed by atoms with E-state index in [1.165, 1.54) is 212 Å². The van der Waals surface area contributed by atoms with Crippen LogP contribution in [0.5, 0.6) is 0 Å². The van der Waals surface area contributed by atoms with E-state index >= 15 is 0 Å². The summed E-state index contributed by atoms with van der Waals surface area (Å²) in [5.74, 6) is -0.890. The zero-order valence-corrected chi connectivity index (χ0v) is 50.3. The van der Waals surface area contributed by atoms with Gasteiger partial charge in [-0.1, -0.05) is 313 Å². The van der Waals surface area contributed by atoms with Gasteiger partial charge < -0.3 is 14.2 Å². The summed E-state index contributed by atoms with van der Waals surface area (Å²) in [4.78, 5) is 38.2. The number of ether oxygens (including phenoxy) is 3. The Hall–Kier alpha value is -2.63. The lowest BCUT2D eigenvalue weighted by Crippen LogP contribution is -2.30. The van der Waals surface area contributed by atoms with Gasteiger partial charge in [0.2, 0.25) is 0 Å². The molecule has 0 aromatic carbocycles. The fourth-order valence-corrected chi connectivity index (χ4v) is 9.85. The van der Waals surface area contributed by atoms with E-state index in [9.17, 15) is 14.4 Å². The third-order valence-corrected chi connectivity index (χ3v) is 14.8. The van der Waals surface area contributed by atoms with Gasteiger partial charge in [0.15, 0.2) is 6.10 Å². The van der Waals surface area contributed by atoms with Crippen molar-refractivity contribution in [3.8, 4) is 0 Å². The molecule has 0 rings (SSSR count). The zero-order chi connectivity index (χ0) is 54.3. The van der Waals surface area contributed by atoms with Crippen molar-refractivity contribution in [3.05, 3.63) is 48.6 Å². The minimum atomic E-state index is -0.784. The number of unbranched alkanes of at least 4 members (excludes halogenated alkanes) is 42. The molecule has 0 bridgehead atoms. The average molecular weight is 1050 g/mol. The van der Waals surface area contributed by atoms with E-state index in [1.807, 2.05) is 0 Å². The summed E-state index contributed by atoms with van der Waals surface area (Å²) in [5.41, 5.74) is 0. The van der Waals surface area contributed by atoms with Gasteiger partial charge in [0, 0.05) is 19.3 Å². The summed E-state index contributed by atoms with van der Waals surface area (Å²) >= 11 is 0. The van der Waals surface area contributed by atoms with Crippen LogP contribution >= 0.6 is 0 Å². The van der Waals surface area contributed by atoms with E-state index in [4.69, 9.17) is 14.2 Å². The monoisotopic (exact) mass is 1050 g/mol. The van der Waals surface area contributed by atoms with Gasteiger partial charge >= 0.3 is 17.9 Å².